The molecule has 0 aromatic heterocycles. The Hall–Kier alpha value is -2.91. The molecule has 10 heteroatoms. The molecule has 1 saturated heterocycles. The quantitative estimate of drug-likeness (QED) is 0.566. The van der Waals surface area contributed by atoms with Crippen molar-refractivity contribution < 1.29 is 27.5 Å². The number of nitrogens with zero attached hydrogens (tertiary/aromatic N) is 1. The molecule has 0 radical (unpaired) electrons. The van der Waals surface area contributed by atoms with E-state index in [4.69, 9.17) is 16.3 Å². The van der Waals surface area contributed by atoms with Crippen LogP contribution in [0.15, 0.2) is 54.6 Å². The number of sulfone groups is 1. The number of hydrogen-bond donors (Lipinski definition) is 1. The van der Waals surface area contributed by atoms with E-state index in [2.05, 4.69) is 5.32 Å². The number of ether oxygens (including phenoxy) is 1. The first-order chi connectivity index (χ1) is 15.7. The summed E-state index contributed by atoms with van der Waals surface area (Å²) >= 11 is 6.00. The first-order valence-corrected chi connectivity index (χ1v) is 12.6. The maximum absolute atomic E-state index is 12.9. The molecular weight excluding hydrogens is 468 g/mol. The van der Waals surface area contributed by atoms with Crippen LogP contribution in [0.4, 0.5) is 0 Å². The second kappa shape index (κ2) is 10.8. The van der Waals surface area contributed by atoms with Gasteiger partial charge in [0.15, 0.2) is 16.4 Å². The minimum absolute atomic E-state index is 0.0150. The van der Waals surface area contributed by atoms with Crippen LogP contribution in [0, 0.1) is 0 Å². The molecule has 0 aliphatic carbocycles. The van der Waals surface area contributed by atoms with E-state index in [1.54, 1.807) is 18.2 Å². The lowest BCUT2D eigenvalue weighted by molar-refractivity contribution is -0.154. The van der Waals surface area contributed by atoms with Crippen LogP contribution in [0.25, 0.3) is 0 Å². The minimum Gasteiger partial charge on any atom is -0.454 e. The number of carbonyl (C=O) groups excluding carboxylic acids is 3. The average Bonchev–Trinajstić information content (AvgIpc) is 3.15. The molecule has 1 unspecified atom stereocenters. The van der Waals surface area contributed by atoms with Crippen molar-refractivity contribution in [3.05, 3.63) is 70.7 Å². The number of esters is 1. The molecule has 8 nitrogen and oxygen atoms in total. The highest BCUT2D eigenvalue weighted by Crippen LogP contribution is 2.20. The summed E-state index contributed by atoms with van der Waals surface area (Å²) in [5, 5.41) is 2.74. The van der Waals surface area contributed by atoms with Gasteiger partial charge in [0.1, 0.15) is 6.04 Å². The molecule has 0 spiro atoms. The largest absolute Gasteiger partial charge is 0.454 e. The fourth-order valence-corrected chi connectivity index (χ4v) is 5.49. The van der Waals surface area contributed by atoms with Gasteiger partial charge in [-0.2, -0.15) is 0 Å². The van der Waals surface area contributed by atoms with Gasteiger partial charge in [0.2, 0.25) is 0 Å². The zero-order valence-electron chi connectivity index (χ0n) is 18.1. The van der Waals surface area contributed by atoms with Gasteiger partial charge in [-0.15, -0.1) is 0 Å². The molecule has 0 bridgehead atoms. The number of rotatable bonds is 8. The zero-order valence-corrected chi connectivity index (χ0v) is 19.6. The van der Waals surface area contributed by atoms with E-state index >= 15 is 0 Å². The number of halogens is 1. The SMILES string of the molecule is C[C@H](NC(=O)c1ccccc1Cl)C(=O)OCC(=O)N(Cc1ccccc1)C1CCS(=O)(=O)C1. The van der Waals surface area contributed by atoms with Crippen molar-refractivity contribution in [3.63, 3.8) is 0 Å². The Morgan fingerprint density at radius 1 is 1.12 bits per heavy atom. The van der Waals surface area contributed by atoms with Crippen molar-refractivity contribution in [2.75, 3.05) is 18.1 Å². The van der Waals surface area contributed by atoms with Crippen LogP contribution in [0.1, 0.15) is 29.3 Å². The van der Waals surface area contributed by atoms with Crippen molar-refractivity contribution in [1.82, 2.24) is 10.2 Å². The number of nitrogens with one attached hydrogen (secondary N) is 1. The van der Waals surface area contributed by atoms with Gasteiger partial charge in [-0.3, -0.25) is 9.59 Å². The van der Waals surface area contributed by atoms with Crippen LogP contribution >= 0.6 is 11.6 Å². The van der Waals surface area contributed by atoms with E-state index in [1.807, 2.05) is 30.3 Å². The summed E-state index contributed by atoms with van der Waals surface area (Å²) in [5.41, 5.74) is 1.05. The van der Waals surface area contributed by atoms with Crippen molar-refractivity contribution >= 4 is 39.2 Å². The number of carbonyl (C=O) groups is 3. The smallest absolute Gasteiger partial charge is 0.328 e. The summed E-state index contributed by atoms with van der Waals surface area (Å²) in [6.45, 7) is 1.08. The molecule has 1 fully saturated rings. The third-order valence-electron chi connectivity index (χ3n) is 5.32. The van der Waals surface area contributed by atoms with Gasteiger partial charge in [0, 0.05) is 12.6 Å². The summed E-state index contributed by atoms with van der Waals surface area (Å²) in [4.78, 5) is 39.1. The van der Waals surface area contributed by atoms with Gasteiger partial charge in [-0.05, 0) is 31.0 Å². The second-order valence-electron chi connectivity index (χ2n) is 7.85. The fourth-order valence-electron chi connectivity index (χ4n) is 3.54. The van der Waals surface area contributed by atoms with E-state index < -0.39 is 46.3 Å². The normalized spacial score (nSPS) is 17.7. The molecular formula is C23H25ClN2O6S. The van der Waals surface area contributed by atoms with E-state index in [1.165, 1.54) is 17.9 Å². The molecule has 2 atom stereocenters. The summed E-state index contributed by atoms with van der Waals surface area (Å²) in [6.07, 6.45) is 0.332. The molecule has 1 N–H and O–H groups in total. The third kappa shape index (κ3) is 6.79. The van der Waals surface area contributed by atoms with Crippen LogP contribution in [0.3, 0.4) is 0 Å². The van der Waals surface area contributed by atoms with E-state index in [-0.39, 0.29) is 28.6 Å². The topological polar surface area (TPSA) is 110 Å². The van der Waals surface area contributed by atoms with Gasteiger partial charge in [-0.1, -0.05) is 54.1 Å². The van der Waals surface area contributed by atoms with Crippen molar-refractivity contribution in [2.24, 2.45) is 0 Å². The molecule has 2 aromatic rings. The van der Waals surface area contributed by atoms with Crippen LogP contribution < -0.4 is 5.32 Å². The third-order valence-corrected chi connectivity index (χ3v) is 7.40. The first-order valence-electron chi connectivity index (χ1n) is 10.4. The predicted molar refractivity (Wildman–Crippen MR) is 123 cm³/mol. The van der Waals surface area contributed by atoms with Crippen LogP contribution in [-0.4, -0.2) is 61.3 Å². The summed E-state index contributed by atoms with van der Waals surface area (Å²) < 4.78 is 29.0. The van der Waals surface area contributed by atoms with Gasteiger partial charge in [-0.25, -0.2) is 13.2 Å². The van der Waals surface area contributed by atoms with Crippen LogP contribution in [-0.2, 0) is 30.7 Å². The molecule has 1 heterocycles. The standard InChI is InChI=1S/C23H25ClN2O6S/c1-16(25-22(28)19-9-5-6-10-20(19)24)23(29)32-14-21(27)26(13-17-7-3-2-4-8-17)18-11-12-33(30,31)15-18/h2-10,16,18H,11-15H2,1H3,(H,25,28)/t16-,18?/m0/s1. The minimum atomic E-state index is -3.21. The lowest BCUT2D eigenvalue weighted by Crippen LogP contribution is -2.44. The lowest BCUT2D eigenvalue weighted by Gasteiger charge is -2.28. The number of hydrogen-bond acceptors (Lipinski definition) is 6. The molecule has 3 rings (SSSR count). The zero-order chi connectivity index (χ0) is 24.0. The Labute approximate surface area is 197 Å². The number of benzene rings is 2. The first kappa shape index (κ1) is 24.7. The fraction of sp³-hybridized carbons (Fsp3) is 0.348. The van der Waals surface area contributed by atoms with Gasteiger partial charge in [0.05, 0.1) is 22.1 Å². The molecule has 1 aliphatic rings. The van der Waals surface area contributed by atoms with Crippen LogP contribution in [0.2, 0.25) is 5.02 Å². The lowest BCUT2D eigenvalue weighted by atomic mass is 10.1. The average molecular weight is 493 g/mol. The monoisotopic (exact) mass is 492 g/mol. The van der Waals surface area contributed by atoms with E-state index in [9.17, 15) is 22.8 Å². The Morgan fingerprint density at radius 3 is 2.42 bits per heavy atom. The summed E-state index contributed by atoms with van der Waals surface area (Å²) in [6, 6.07) is 14.1. The molecule has 176 valence electrons. The van der Waals surface area contributed by atoms with Gasteiger partial charge >= 0.3 is 5.97 Å². The number of amides is 2. The molecule has 33 heavy (non-hydrogen) atoms. The molecule has 2 amide bonds. The van der Waals surface area contributed by atoms with Crippen molar-refractivity contribution in [3.8, 4) is 0 Å². The van der Waals surface area contributed by atoms with Crippen LogP contribution in [0.5, 0.6) is 0 Å². The maximum atomic E-state index is 12.9. The highest BCUT2D eigenvalue weighted by atomic mass is 35.5. The molecule has 2 aromatic carbocycles. The van der Waals surface area contributed by atoms with E-state index in [0.29, 0.717) is 6.42 Å². The molecule has 0 saturated carbocycles. The Morgan fingerprint density at radius 2 is 1.79 bits per heavy atom. The highest BCUT2D eigenvalue weighted by Gasteiger charge is 2.35. The molecule has 1 aliphatic heterocycles. The Kier molecular flexibility index (Phi) is 8.10. The summed E-state index contributed by atoms with van der Waals surface area (Å²) in [7, 11) is -3.21. The predicted octanol–water partition coefficient (Wildman–Crippen LogP) is 2.22. The Balaban J connectivity index is 1.61. The van der Waals surface area contributed by atoms with Crippen molar-refractivity contribution in [2.45, 2.75) is 32.0 Å². The summed E-state index contributed by atoms with van der Waals surface area (Å²) in [5.74, 6) is -1.94. The van der Waals surface area contributed by atoms with Gasteiger partial charge < -0.3 is 15.0 Å². The Bertz CT molecular complexity index is 1120. The maximum Gasteiger partial charge on any atom is 0.328 e. The van der Waals surface area contributed by atoms with Crippen molar-refractivity contribution in [1.29, 1.82) is 0 Å². The second-order valence-corrected chi connectivity index (χ2v) is 10.5. The van der Waals surface area contributed by atoms with Gasteiger partial charge in [0.25, 0.3) is 11.8 Å². The highest BCUT2D eigenvalue weighted by molar-refractivity contribution is 7.91. The van der Waals surface area contributed by atoms with E-state index in [0.717, 1.165) is 5.56 Å².